The second kappa shape index (κ2) is 5.73. The molecular formula is C21H22N2O3. The molecule has 0 atom stereocenters. The summed E-state index contributed by atoms with van der Waals surface area (Å²) in [6.07, 6.45) is 5.64. The molecule has 1 aromatic heterocycles. The first kappa shape index (κ1) is 15.7. The van der Waals surface area contributed by atoms with Gasteiger partial charge >= 0.3 is 5.97 Å². The van der Waals surface area contributed by atoms with Crippen LogP contribution in [-0.2, 0) is 23.2 Å². The number of esters is 1. The zero-order chi connectivity index (χ0) is 17.7. The van der Waals surface area contributed by atoms with Gasteiger partial charge in [0.05, 0.1) is 5.56 Å². The van der Waals surface area contributed by atoms with Gasteiger partial charge in [0.1, 0.15) is 11.4 Å². The molecule has 0 saturated carbocycles. The number of aromatic amines is 1. The number of aromatic nitrogens is 1. The maximum Gasteiger partial charge on any atom is 0.339 e. The number of nitrogens with one attached hydrogen (secondary N) is 1. The number of fused-ring (bicyclic) bond motifs is 3. The first-order valence-corrected chi connectivity index (χ1v) is 9.49. The lowest BCUT2D eigenvalue weighted by molar-refractivity contribution is -0.0211. The van der Waals surface area contributed by atoms with Crippen LogP contribution in [0.25, 0.3) is 0 Å². The summed E-state index contributed by atoms with van der Waals surface area (Å²) < 4.78 is 5.82. The highest BCUT2D eigenvalue weighted by Crippen LogP contribution is 2.44. The van der Waals surface area contributed by atoms with Gasteiger partial charge in [0.15, 0.2) is 0 Å². The Balaban J connectivity index is 1.41. The average molecular weight is 350 g/mol. The lowest BCUT2D eigenvalue weighted by Crippen LogP contribution is -2.43. The first-order valence-electron chi connectivity index (χ1n) is 9.49. The van der Waals surface area contributed by atoms with Gasteiger partial charge < -0.3 is 14.6 Å². The number of nitrogens with zero attached hydrogens (tertiary/aromatic N) is 1. The van der Waals surface area contributed by atoms with E-state index in [4.69, 9.17) is 4.74 Å². The van der Waals surface area contributed by atoms with Gasteiger partial charge in [0, 0.05) is 37.1 Å². The summed E-state index contributed by atoms with van der Waals surface area (Å²) in [4.78, 5) is 29.9. The number of piperidine rings is 1. The summed E-state index contributed by atoms with van der Waals surface area (Å²) >= 11 is 0. The zero-order valence-electron chi connectivity index (χ0n) is 14.7. The van der Waals surface area contributed by atoms with Gasteiger partial charge in [-0.15, -0.1) is 0 Å². The standard InChI is InChI=1S/C21H22N2O3/c24-19-15-6-2-1-5-14(15)13-18(22-19)23-11-9-21(10-12-23)17-8-4-3-7-16(17)20(25)26-21/h3-4,7-8,13H,1-2,5-6,9-12H2,(H,22,24). The van der Waals surface area contributed by atoms with E-state index in [2.05, 4.69) is 16.0 Å². The Hall–Kier alpha value is -2.56. The van der Waals surface area contributed by atoms with Gasteiger partial charge in [-0.25, -0.2) is 4.79 Å². The molecule has 1 saturated heterocycles. The molecule has 1 spiro atoms. The van der Waals surface area contributed by atoms with Crippen molar-refractivity contribution >= 4 is 11.8 Å². The number of rotatable bonds is 1. The van der Waals surface area contributed by atoms with Crippen molar-refractivity contribution in [3.8, 4) is 0 Å². The van der Waals surface area contributed by atoms with Crippen molar-refractivity contribution in [3.05, 3.63) is 62.9 Å². The lowest BCUT2D eigenvalue weighted by atomic mass is 9.83. The number of benzene rings is 1. The van der Waals surface area contributed by atoms with E-state index in [0.717, 1.165) is 68.6 Å². The number of hydrogen-bond acceptors (Lipinski definition) is 4. The SMILES string of the molecule is O=C1OC2(CCN(c3cc4c(c(=O)[nH]3)CCCC4)CC2)c2ccccc21. The van der Waals surface area contributed by atoms with Gasteiger partial charge in [-0.1, -0.05) is 18.2 Å². The fraction of sp³-hybridized carbons (Fsp3) is 0.429. The maximum absolute atomic E-state index is 12.4. The molecule has 1 fully saturated rings. The monoisotopic (exact) mass is 350 g/mol. The van der Waals surface area contributed by atoms with Gasteiger partial charge in [-0.3, -0.25) is 4.79 Å². The Morgan fingerprint density at radius 3 is 2.65 bits per heavy atom. The summed E-state index contributed by atoms with van der Waals surface area (Å²) in [5.74, 6) is 0.694. The summed E-state index contributed by atoms with van der Waals surface area (Å²) in [5, 5.41) is 0. The molecule has 1 N–H and O–H groups in total. The number of carbonyl (C=O) groups excluding carboxylic acids is 1. The first-order chi connectivity index (χ1) is 12.7. The second-order valence-electron chi connectivity index (χ2n) is 7.61. The molecule has 1 aromatic carbocycles. The Bertz CT molecular complexity index is 939. The molecule has 0 radical (unpaired) electrons. The molecule has 2 aromatic rings. The minimum Gasteiger partial charge on any atom is -0.450 e. The molecule has 3 aliphatic rings. The van der Waals surface area contributed by atoms with Crippen molar-refractivity contribution in [1.29, 1.82) is 0 Å². The normalized spacial score (nSPS) is 20.6. The molecule has 5 heteroatoms. The number of aryl methyl sites for hydroxylation is 1. The number of H-pyrrole nitrogens is 1. The number of ether oxygens (including phenoxy) is 1. The van der Waals surface area contributed by atoms with Crippen LogP contribution in [0.15, 0.2) is 35.1 Å². The number of carbonyl (C=O) groups is 1. The fourth-order valence-electron chi connectivity index (χ4n) is 4.74. The highest BCUT2D eigenvalue weighted by molar-refractivity contribution is 5.94. The third-order valence-corrected chi connectivity index (χ3v) is 6.17. The van der Waals surface area contributed by atoms with E-state index in [0.29, 0.717) is 5.56 Å². The molecule has 134 valence electrons. The Labute approximate surface area is 152 Å². The zero-order valence-corrected chi connectivity index (χ0v) is 14.7. The van der Waals surface area contributed by atoms with Crippen molar-refractivity contribution in [1.82, 2.24) is 4.98 Å². The van der Waals surface area contributed by atoms with Crippen LogP contribution < -0.4 is 10.5 Å². The highest BCUT2D eigenvalue weighted by Gasteiger charge is 2.47. The predicted molar refractivity (Wildman–Crippen MR) is 98.7 cm³/mol. The molecule has 5 nitrogen and oxygen atoms in total. The van der Waals surface area contributed by atoms with E-state index in [1.165, 1.54) is 5.56 Å². The van der Waals surface area contributed by atoms with Crippen molar-refractivity contribution < 1.29 is 9.53 Å². The molecule has 3 heterocycles. The number of hydrogen-bond donors (Lipinski definition) is 1. The summed E-state index contributed by atoms with van der Waals surface area (Å²) in [6.45, 7) is 1.52. The molecule has 26 heavy (non-hydrogen) atoms. The molecule has 0 amide bonds. The van der Waals surface area contributed by atoms with Crippen LogP contribution in [0.2, 0.25) is 0 Å². The second-order valence-corrected chi connectivity index (χ2v) is 7.61. The number of anilines is 1. The predicted octanol–water partition coefficient (Wildman–Crippen LogP) is 2.92. The third kappa shape index (κ3) is 2.30. The van der Waals surface area contributed by atoms with E-state index in [-0.39, 0.29) is 11.5 Å². The number of pyridine rings is 1. The molecule has 1 aliphatic carbocycles. The minimum atomic E-state index is -0.501. The van der Waals surface area contributed by atoms with E-state index >= 15 is 0 Å². The molecule has 0 bridgehead atoms. The third-order valence-electron chi connectivity index (χ3n) is 6.17. The minimum absolute atomic E-state index is 0.0649. The largest absolute Gasteiger partial charge is 0.450 e. The molecule has 2 aliphatic heterocycles. The van der Waals surface area contributed by atoms with Crippen molar-refractivity contribution in [2.24, 2.45) is 0 Å². The smallest absolute Gasteiger partial charge is 0.339 e. The Morgan fingerprint density at radius 2 is 1.81 bits per heavy atom. The Kier molecular flexibility index (Phi) is 3.45. The molecular weight excluding hydrogens is 328 g/mol. The van der Waals surface area contributed by atoms with Crippen LogP contribution in [0, 0.1) is 0 Å². The van der Waals surface area contributed by atoms with Crippen LogP contribution in [0.1, 0.15) is 52.7 Å². The van der Waals surface area contributed by atoms with Gasteiger partial charge in [0.25, 0.3) is 5.56 Å². The highest BCUT2D eigenvalue weighted by atomic mass is 16.6. The molecule has 5 rings (SSSR count). The summed E-state index contributed by atoms with van der Waals surface area (Å²) in [6, 6.07) is 9.86. The van der Waals surface area contributed by atoms with Crippen LogP contribution in [0.4, 0.5) is 5.82 Å². The lowest BCUT2D eigenvalue weighted by Gasteiger charge is -2.39. The van der Waals surface area contributed by atoms with Crippen molar-refractivity contribution in [2.75, 3.05) is 18.0 Å². The molecule has 0 unspecified atom stereocenters. The van der Waals surface area contributed by atoms with Gasteiger partial charge in [-0.05, 0) is 43.4 Å². The fourth-order valence-corrected chi connectivity index (χ4v) is 4.74. The van der Waals surface area contributed by atoms with E-state index in [1.54, 1.807) is 0 Å². The summed E-state index contributed by atoms with van der Waals surface area (Å²) in [5.41, 5.74) is 3.44. The summed E-state index contributed by atoms with van der Waals surface area (Å²) in [7, 11) is 0. The van der Waals surface area contributed by atoms with E-state index < -0.39 is 5.60 Å². The van der Waals surface area contributed by atoms with Gasteiger partial charge in [-0.2, -0.15) is 0 Å². The van der Waals surface area contributed by atoms with Crippen LogP contribution in [-0.4, -0.2) is 24.0 Å². The van der Waals surface area contributed by atoms with E-state index in [1.807, 2.05) is 24.3 Å². The Morgan fingerprint density at radius 1 is 1.04 bits per heavy atom. The topological polar surface area (TPSA) is 62.4 Å². The van der Waals surface area contributed by atoms with E-state index in [9.17, 15) is 9.59 Å². The van der Waals surface area contributed by atoms with Crippen LogP contribution in [0.5, 0.6) is 0 Å². The van der Waals surface area contributed by atoms with Crippen molar-refractivity contribution in [2.45, 2.75) is 44.1 Å². The van der Waals surface area contributed by atoms with Crippen LogP contribution >= 0.6 is 0 Å². The van der Waals surface area contributed by atoms with Crippen molar-refractivity contribution in [3.63, 3.8) is 0 Å². The van der Waals surface area contributed by atoms with Gasteiger partial charge in [0.2, 0.25) is 0 Å². The quantitative estimate of drug-likeness (QED) is 0.804. The average Bonchev–Trinajstić information content (AvgIpc) is 2.94. The maximum atomic E-state index is 12.4. The van der Waals surface area contributed by atoms with Crippen LogP contribution in [0.3, 0.4) is 0 Å².